The quantitative estimate of drug-likeness (QED) is 0.863. The molecule has 0 aromatic rings. The van der Waals surface area contributed by atoms with Crippen molar-refractivity contribution in [3.8, 4) is 0 Å². The molecule has 1 fully saturated rings. The van der Waals surface area contributed by atoms with Crippen molar-refractivity contribution in [2.24, 2.45) is 5.73 Å². The van der Waals surface area contributed by atoms with Crippen LogP contribution in [0.15, 0.2) is 0 Å². The summed E-state index contributed by atoms with van der Waals surface area (Å²) in [5, 5.41) is 0. The molecule has 1 aliphatic rings. The van der Waals surface area contributed by atoms with Gasteiger partial charge in [0.05, 0.1) is 6.04 Å². The Labute approximate surface area is 113 Å². The second-order valence-corrected chi connectivity index (χ2v) is 5.99. The van der Waals surface area contributed by atoms with E-state index in [-0.39, 0.29) is 6.54 Å². The summed E-state index contributed by atoms with van der Waals surface area (Å²) in [6, 6.07) is -1.10. The SMILES string of the molecule is CC(C)(C)OC(=O)N1CCCCC1C(F)(F)CCN. The maximum Gasteiger partial charge on any atom is 0.410 e. The fourth-order valence-electron chi connectivity index (χ4n) is 2.27. The molecule has 1 saturated heterocycles. The van der Waals surface area contributed by atoms with E-state index in [1.165, 1.54) is 4.90 Å². The molecule has 1 unspecified atom stereocenters. The Morgan fingerprint density at radius 3 is 2.53 bits per heavy atom. The van der Waals surface area contributed by atoms with Crippen molar-refractivity contribution in [1.82, 2.24) is 4.90 Å². The Kier molecular flexibility index (Phi) is 5.12. The van der Waals surface area contributed by atoms with Gasteiger partial charge in [-0.15, -0.1) is 0 Å². The van der Waals surface area contributed by atoms with Gasteiger partial charge in [0.2, 0.25) is 0 Å². The Bertz CT molecular complexity index is 316. The van der Waals surface area contributed by atoms with Crippen LogP contribution in [0.1, 0.15) is 46.5 Å². The van der Waals surface area contributed by atoms with Crippen molar-refractivity contribution in [3.63, 3.8) is 0 Å². The largest absolute Gasteiger partial charge is 0.444 e. The third kappa shape index (κ3) is 4.60. The second kappa shape index (κ2) is 6.03. The van der Waals surface area contributed by atoms with Crippen LogP contribution in [0.2, 0.25) is 0 Å². The van der Waals surface area contributed by atoms with Gasteiger partial charge in [-0.05, 0) is 46.6 Å². The number of amides is 1. The number of likely N-dealkylation sites (tertiary alicyclic amines) is 1. The molecule has 19 heavy (non-hydrogen) atoms. The van der Waals surface area contributed by atoms with E-state index < -0.39 is 30.1 Å². The van der Waals surface area contributed by atoms with E-state index in [4.69, 9.17) is 10.5 Å². The summed E-state index contributed by atoms with van der Waals surface area (Å²) in [7, 11) is 0. The van der Waals surface area contributed by atoms with Crippen LogP contribution < -0.4 is 5.73 Å². The number of hydrogen-bond donors (Lipinski definition) is 1. The zero-order chi connectivity index (χ0) is 14.7. The summed E-state index contributed by atoms with van der Waals surface area (Å²) in [4.78, 5) is 13.2. The van der Waals surface area contributed by atoms with Crippen molar-refractivity contribution in [2.75, 3.05) is 13.1 Å². The van der Waals surface area contributed by atoms with E-state index in [1.54, 1.807) is 20.8 Å². The zero-order valence-corrected chi connectivity index (χ0v) is 11.9. The Balaban J connectivity index is 2.80. The summed E-state index contributed by atoms with van der Waals surface area (Å²) >= 11 is 0. The molecule has 0 aliphatic carbocycles. The smallest absolute Gasteiger partial charge is 0.410 e. The van der Waals surface area contributed by atoms with Crippen LogP contribution in [0.5, 0.6) is 0 Å². The van der Waals surface area contributed by atoms with E-state index in [0.717, 1.165) is 6.42 Å². The van der Waals surface area contributed by atoms with Crippen LogP contribution in [0, 0.1) is 0 Å². The van der Waals surface area contributed by atoms with Crippen LogP contribution in [0.4, 0.5) is 13.6 Å². The predicted molar refractivity (Wildman–Crippen MR) is 69.2 cm³/mol. The zero-order valence-electron chi connectivity index (χ0n) is 11.9. The molecule has 1 aliphatic heterocycles. The average Bonchev–Trinajstić information content (AvgIpc) is 2.26. The summed E-state index contributed by atoms with van der Waals surface area (Å²) in [6.07, 6.45) is 0.663. The number of alkyl halides is 2. The number of carbonyl (C=O) groups excluding carboxylic acids is 1. The molecule has 0 aromatic carbocycles. The highest BCUT2D eigenvalue weighted by Gasteiger charge is 2.46. The third-order valence-corrected chi connectivity index (χ3v) is 3.10. The van der Waals surface area contributed by atoms with Gasteiger partial charge in [0.1, 0.15) is 5.60 Å². The van der Waals surface area contributed by atoms with Crippen LogP contribution in [-0.4, -0.2) is 41.6 Å². The first-order chi connectivity index (χ1) is 8.67. The average molecular weight is 278 g/mol. The fourth-order valence-corrected chi connectivity index (χ4v) is 2.27. The lowest BCUT2D eigenvalue weighted by atomic mass is 9.95. The van der Waals surface area contributed by atoms with Crippen molar-refractivity contribution < 1.29 is 18.3 Å². The van der Waals surface area contributed by atoms with E-state index in [1.807, 2.05) is 0 Å². The number of rotatable bonds is 3. The Morgan fingerprint density at radius 1 is 1.37 bits per heavy atom. The van der Waals surface area contributed by atoms with E-state index in [2.05, 4.69) is 0 Å². The summed E-state index contributed by atoms with van der Waals surface area (Å²) < 4.78 is 33.3. The first-order valence-corrected chi connectivity index (χ1v) is 6.75. The number of ether oxygens (including phenoxy) is 1. The molecule has 2 N–H and O–H groups in total. The summed E-state index contributed by atoms with van der Waals surface area (Å²) in [5.41, 5.74) is 4.55. The third-order valence-electron chi connectivity index (χ3n) is 3.10. The molecule has 112 valence electrons. The number of carbonyl (C=O) groups is 1. The van der Waals surface area contributed by atoms with Gasteiger partial charge in [0.25, 0.3) is 5.92 Å². The number of piperidine rings is 1. The lowest BCUT2D eigenvalue weighted by Gasteiger charge is -2.40. The molecular weight excluding hydrogens is 254 g/mol. The fraction of sp³-hybridized carbons (Fsp3) is 0.923. The topological polar surface area (TPSA) is 55.6 Å². The molecule has 1 rings (SSSR count). The Hall–Kier alpha value is -0.910. The second-order valence-electron chi connectivity index (χ2n) is 5.99. The van der Waals surface area contributed by atoms with Crippen molar-refractivity contribution in [3.05, 3.63) is 0 Å². The number of nitrogens with zero attached hydrogens (tertiary/aromatic N) is 1. The normalized spacial score (nSPS) is 21.4. The van der Waals surface area contributed by atoms with Gasteiger partial charge in [0.15, 0.2) is 0 Å². The lowest BCUT2D eigenvalue weighted by Crippen LogP contribution is -2.54. The van der Waals surface area contributed by atoms with E-state index >= 15 is 0 Å². The standard InChI is InChI=1S/C13H24F2N2O2/c1-12(2,3)19-11(18)17-9-5-4-6-10(17)13(14,15)7-8-16/h10H,4-9,16H2,1-3H3. The molecule has 0 radical (unpaired) electrons. The predicted octanol–water partition coefficient (Wildman–Crippen LogP) is 2.76. The number of halogens is 2. The van der Waals surface area contributed by atoms with Crippen LogP contribution in [0.3, 0.4) is 0 Å². The van der Waals surface area contributed by atoms with Gasteiger partial charge >= 0.3 is 6.09 Å². The maximum atomic E-state index is 14.0. The molecule has 0 spiro atoms. The monoisotopic (exact) mass is 278 g/mol. The summed E-state index contributed by atoms with van der Waals surface area (Å²) in [6.45, 7) is 5.40. The summed E-state index contributed by atoms with van der Waals surface area (Å²) in [5.74, 6) is -2.95. The number of hydrogen-bond acceptors (Lipinski definition) is 3. The molecule has 6 heteroatoms. The van der Waals surface area contributed by atoms with Gasteiger partial charge in [-0.2, -0.15) is 0 Å². The minimum atomic E-state index is -2.95. The molecule has 4 nitrogen and oxygen atoms in total. The molecule has 1 heterocycles. The van der Waals surface area contributed by atoms with Crippen molar-refractivity contribution in [2.45, 2.75) is 64.0 Å². The minimum Gasteiger partial charge on any atom is -0.444 e. The minimum absolute atomic E-state index is 0.0916. The van der Waals surface area contributed by atoms with Gasteiger partial charge in [-0.3, -0.25) is 4.90 Å². The molecular formula is C13H24F2N2O2. The first-order valence-electron chi connectivity index (χ1n) is 6.75. The van der Waals surface area contributed by atoms with Crippen LogP contribution in [0.25, 0.3) is 0 Å². The van der Waals surface area contributed by atoms with E-state index in [9.17, 15) is 13.6 Å². The van der Waals surface area contributed by atoms with Gasteiger partial charge < -0.3 is 10.5 Å². The molecule has 0 bridgehead atoms. The van der Waals surface area contributed by atoms with Gasteiger partial charge in [-0.1, -0.05) is 0 Å². The molecule has 1 atom stereocenters. The first kappa shape index (κ1) is 16.1. The van der Waals surface area contributed by atoms with E-state index in [0.29, 0.717) is 19.4 Å². The number of nitrogens with two attached hydrogens (primary N) is 1. The Morgan fingerprint density at radius 2 is 2.00 bits per heavy atom. The highest BCUT2D eigenvalue weighted by molar-refractivity contribution is 5.68. The van der Waals surface area contributed by atoms with Crippen molar-refractivity contribution >= 4 is 6.09 Å². The highest BCUT2D eigenvalue weighted by Crippen LogP contribution is 2.33. The van der Waals surface area contributed by atoms with Crippen molar-refractivity contribution in [1.29, 1.82) is 0 Å². The molecule has 0 saturated carbocycles. The van der Waals surface area contributed by atoms with Crippen LogP contribution in [-0.2, 0) is 4.74 Å². The highest BCUT2D eigenvalue weighted by atomic mass is 19.3. The molecule has 1 amide bonds. The van der Waals surface area contributed by atoms with Gasteiger partial charge in [-0.25, -0.2) is 13.6 Å². The lowest BCUT2D eigenvalue weighted by molar-refractivity contribution is -0.0985. The maximum absolute atomic E-state index is 14.0. The van der Waals surface area contributed by atoms with Crippen LogP contribution >= 0.6 is 0 Å². The molecule has 0 aromatic heterocycles. The van der Waals surface area contributed by atoms with Gasteiger partial charge in [0, 0.05) is 13.0 Å².